The fraction of sp³-hybridized carbons (Fsp3) is 0.438. The number of carbonyl (C=O) groups is 3. The van der Waals surface area contributed by atoms with E-state index in [1.54, 1.807) is 0 Å². The zero-order chi connectivity index (χ0) is 18.1. The number of aromatic hydroxyl groups is 2. The lowest BCUT2D eigenvalue weighted by Crippen LogP contribution is -2.51. The van der Waals surface area contributed by atoms with E-state index in [2.05, 4.69) is 0 Å². The van der Waals surface area contributed by atoms with Gasteiger partial charge in [-0.2, -0.15) is 0 Å². The first-order valence-corrected chi connectivity index (χ1v) is 7.47. The van der Waals surface area contributed by atoms with Crippen molar-refractivity contribution in [2.75, 3.05) is 0 Å². The number of ether oxygens (including phenoxy) is 1. The normalized spacial score (nSPS) is 18.4. The van der Waals surface area contributed by atoms with Crippen molar-refractivity contribution >= 4 is 17.8 Å². The maximum Gasteiger partial charge on any atom is 0.328 e. The van der Waals surface area contributed by atoms with E-state index in [1.807, 2.05) is 0 Å². The van der Waals surface area contributed by atoms with Crippen molar-refractivity contribution in [3.05, 3.63) is 23.8 Å². The SMILES string of the molecule is CC(OC(=O)[C@@](C)(N)Cc1ccc(O)c(O)c1)N1C(=O)CCC1=O. The molecule has 8 nitrogen and oxygen atoms in total. The third-order valence-electron chi connectivity index (χ3n) is 3.81. The topological polar surface area (TPSA) is 130 Å². The van der Waals surface area contributed by atoms with Gasteiger partial charge in [0.15, 0.2) is 17.7 Å². The highest BCUT2D eigenvalue weighted by atomic mass is 16.6. The molecule has 1 saturated heterocycles. The molecule has 130 valence electrons. The fourth-order valence-electron chi connectivity index (χ4n) is 2.52. The number of hydrogen-bond donors (Lipinski definition) is 3. The van der Waals surface area contributed by atoms with E-state index in [0.29, 0.717) is 5.56 Å². The largest absolute Gasteiger partial charge is 0.504 e. The van der Waals surface area contributed by atoms with Crippen LogP contribution in [-0.4, -0.2) is 44.7 Å². The number of benzene rings is 1. The Kier molecular flexibility index (Phi) is 4.79. The Hall–Kier alpha value is -2.61. The molecule has 2 atom stereocenters. The number of phenols is 2. The highest BCUT2D eigenvalue weighted by molar-refractivity contribution is 6.02. The third kappa shape index (κ3) is 3.65. The van der Waals surface area contributed by atoms with Crippen LogP contribution in [0.4, 0.5) is 0 Å². The smallest absolute Gasteiger partial charge is 0.328 e. The number of amides is 2. The fourth-order valence-corrected chi connectivity index (χ4v) is 2.52. The van der Waals surface area contributed by atoms with Crippen LogP contribution in [0.2, 0.25) is 0 Å². The van der Waals surface area contributed by atoms with Gasteiger partial charge in [-0.05, 0) is 31.5 Å². The van der Waals surface area contributed by atoms with Crippen molar-refractivity contribution in [1.29, 1.82) is 0 Å². The summed E-state index contributed by atoms with van der Waals surface area (Å²) in [7, 11) is 0. The molecule has 4 N–H and O–H groups in total. The maximum absolute atomic E-state index is 12.3. The van der Waals surface area contributed by atoms with Gasteiger partial charge in [-0.15, -0.1) is 0 Å². The Morgan fingerprint density at radius 2 is 1.88 bits per heavy atom. The van der Waals surface area contributed by atoms with Crippen LogP contribution >= 0.6 is 0 Å². The van der Waals surface area contributed by atoms with Crippen LogP contribution in [0, 0.1) is 0 Å². The lowest BCUT2D eigenvalue weighted by Gasteiger charge is -2.28. The van der Waals surface area contributed by atoms with Gasteiger partial charge in [-0.3, -0.25) is 9.59 Å². The second kappa shape index (κ2) is 6.48. The lowest BCUT2D eigenvalue weighted by atomic mass is 9.94. The van der Waals surface area contributed by atoms with Crippen LogP contribution in [0.1, 0.15) is 32.3 Å². The molecule has 1 aromatic rings. The number of likely N-dealkylation sites (tertiary alicyclic amines) is 1. The first kappa shape index (κ1) is 17.7. The minimum Gasteiger partial charge on any atom is -0.504 e. The average molecular weight is 336 g/mol. The highest BCUT2D eigenvalue weighted by Gasteiger charge is 2.38. The van der Waals surface area contributed by atoms with Crippen LogP contribution in [0.25, 0.3) is 0 Å². The molecule has 2 amide bonds. The zero-order valence-corrected chi connectivity index (χ0v) is 13.5. The highest BCUT2D eigenvalue weighted by Crippen LogP contribution is 2.27. The number of esters is 1. The molecule has 1 aliphatic rings. The molecule has 1 heterocycles. The zero-order valence-electron chi connectivity index (χ0n) is 13.5. The van der Waals surface area contributed by atoms with Gasteiger partial charge in [0.05, 0.1) is 0 Å². The molecule has 2 rings (SSSR count). The van der Waals surface area contributed by atoms with Crippen LogP contribution < -0.4 is 5.73 Å². The van der Waals surface area contributed by atoms with Crippen molar-refractivity contribution in [3.63, 3.8) is 0 Å². The molecule has 1 fully saturated rings. The van der Waals surface area contributed by atoms with Gasteiger partial charge >= 0.3 is 5.97 Å². The molecule has 0 radical (unpaired) electrons. The molecule has 1 aromatic carbocycles. The number of imide groups is 1. The molecular formula is C16H20N2O6. The second-order valence-corrected chi connectivity index (χ2v) is 6.08. The predicted octanol–water partition coefficient (Wildman–Crippen LogP) is 0.396. The quantitative estimate of drug-likeness (QED) is 0.403. The number of phenolic OH excluding ortho intramolecular Hbond substituents is 2. The molecule has 1 aliphatic heterocycles. The Morgan fingerprint density at radius 1 is 1.29 bits per heavy atom. The van der Waals surface area contributed by atoms with Crippen LogP contribution in [0.5, 0.6) is 11.5 Å². The minimum absolute atomic E-state index is 0.0360. The molecular weight excluding hydrogens is 316 g/mol. The Labute approximate surface area is 138 Å². The van der Waals surface area contributed by atoms with Crippen LogP contribution in [0.3, 0.4) is 0 Å². The molecule has 8 heteroatoms. The number of nitrogens with zero attached hydrogens (tertiary/aromatic N) is 1. The van der Waals surface area contributed by atoms with Gasteiger partial charge in [0.2, 0.25) is 11.8 Å². The number of hydrogen-bond acceptors (Lipinski definition) is 7. The van der Waals surface area contributed by atoms with Gasteiger partial charge < -0.3 is 20.7 Å². The van der Waals surface area contributed by atoms with Gasteiger partial charge in [0.25, 0.3) is 0 Å². The summed E-state index contributed by atoms with van der Waals surface area (Å²) in [5.41, 5.74) is 5.07. The van der Waals surface area contributed by atoms with E-state index in [4.69, 9.17) is 10.5 Å². The molecule has 1 unspecified atom stereocenters. The summed E-state index contributed by atoms with van der Waals surface area (Å²) in [6.45, 7) is 2.88. The summed E-state index contributed by atoms with van der Waals surface area (Å²) < 4.78 is 5.17. The summed E-state index contributed by atoms with van der Waals surface area (Å²) >= 11 is 0. The van der Waals surface area contributed by atoms with Gasteiger partial charge in [0, 0.05) is 19.3 Å². The van der Waals surface area contributed by atoms with E-state index in [1.165, 1.54) is 32.0 Å². The Morgan fingerprint density at radius 3 is 2.42 bits per heavy atom. The van der Waals surface area contributed by atoms with Gasteiger partial charge in [0.1, 0.15) is 5.54 Å². The predicted molar refractivity (Wildman–Crippen MR) is 82.7 cm³/mol. The molecule has 0 bridgehead atoms. The Balaban J connectivity index is 2.05. The summed E-state index contributed by atoms with van der Waals surface area (Å²) in [4.78, 5) is 36.5. The average Bonchev–Trinajstić information content (AvgIpc) is 2.81. The van der Waals surface area contributed by atoms with E-state index < -0.39 is 17.7 Å². The number of carbonyl (C=O) groups excluding carboxylic acids is 3. The van der Waals surface area contributed by atoms with Crippen LogP contribution in [0.15, 0.2) is 18.2 Å². The standard InChI is InChI=1S/C16H20N2O6/c1-9(18-13(21)5-6-14(18)22)24-15(23)16(2,17)8-10-3-4-11(19)12(20)7-10/h3-4,7,9,19-20H,5-6,8,17H2,1-2H3/t9?,16-/m0/s1. The summed E-state index contributed by atoms with van der Waals surface area (Å²) in [5, 5.41) is 18.8. The van der Waals surface area contributed by atoms with E-state index in [0.717, 1.165) is 4.90 Å². The van der Waals surface area contributed by atoms with E-state index in [9.17, 15) is 24.6 Å². The first-order chi connectivity index (χ1) is 11.1. The molecule has 0 aliphatic carbocycles. The van der Waals surface area contributed by atoms with Crippen molar-refractivity contribution in [2.45, 2.75) is 44.9 Å². The van der Waals surface area contributed by atoms with Crippen molar-refractivity contribution in [3.8, 4) is 11.5 Å². The molecule has 0 aromatic heterocycles. The second-order valence-electron chi connectivity index (χ2n) is 6.08. The number of rotatable bonds is 5. The first-order valence-electron chi connectivity index (χ1n) is 7.47. The maximum atomic E-state index is 12.3. The molecule has 24 heavy (non-hydrogen) atoms. The van der Waals surface area contributed by atoms with Crippen LogP contribution in [-0.2, 0) is 25.5 Å². The number of nitrogens with two attached hydrogens (primary N) is 1. The van der Waals surface area contributed by atoms with E-state index in [-0.39, 0.29) is 42.6 Å². The minimum atomic E-state index is -1.44. The van der Waals surface area contributed by atoms with Gasteiger partial charge in [-0.1, -0.05) is 6.07 Å². The molecule has 0 saturated carbocycles. The van der Waals surface area contributed by atoms with E-state index >= 15 is 0 Å². The summed E-state index contributed by atoms with van der Waals surface area (Å²) in [6.07, 6.45) is -0.786. The molecule has 0 spiro atoms. The van der Waals surface area contributed by atoms with Crippen molar-refractivity contribution < 1.29 is 29.3 Å². The summed E-state index contributed by atoms with van der Waals surface area (Å²) in [5.74, 6) is -2.15. The Bertz CT molecular complexity index is 669. The third-order valence-corrected chi connectivity index (χ3v) is 3.81. The lowest BCUT2D eigenvalue weighted by molar-refractivity contribution is -0.169. The van der Waals surface area contributed by atoms with Crippen molar-refractivity contribution in [1.82, 2.24) is 4.90 Å². The van der Waals surface area contributed by atoms with Crippen molar-refractivity contribution in [2.24, 2.45) is 5.73 Å². The summed E-state index contributed by atoms with van der Waals surface area (Å²) in [6, 6.07) is 4.10. The van der Waals surface area contributed by atoms with Gasteiger partial charge in [-0.25, -0.2) is 9.69 Å². The monoisotopic (exact) mass is 336 g/mol.